The molecule has 0 radical (unpaired) electrons. The minimum Gasteiger partial charge on any atom is -0.387 e. The molecule has 1 aromatic rings. The molecule has 0 aromatic heterocycles. The molecule has 8 heteroatoms. The fourth-order valence-electron chi connectivity index (χ4n) is 3.01. The van der Waals surface area contributed by atoms with Gasteiger partial charge in [0.15, 0.2) is 5.78 Å². The highest BCUT2D eigenvalue weighted by atomic mass is 35.5. The first-order valence-corrected chi connectivity index (χ1v) is 9.30. The lowest BCUT2D eigenvalue weighted by Crippen LogP contribution is -2.51. The number of hydrogen-bond donors (Lipinski definition) is 1. The van der Waals surface area contributed by atoms with Gasteiger partial charge in [0.25, 0.3) is 0 Å². The van der Waals surface area contributed by atoms with Crippen molar-refractivity contribution in [3.05, 3.63) is 44.3 Å². The Bertz CT molecular complexity index is 808. The number of halogens is 2. The van der Waals surface area contributed by atoms with Gasteiger partial charge in [-0.2, -0.15) is 0 Å². The van der Waals surface area contributed by atoms with Crippen LogP contribution in [0.15, 0.2) is 28.7 Å². The van der Waals surface area contributed by atoms with E-state index in [1.807, 2.05) is 6.92 Å². The van der Waals surface area contributed by atoms with Crippen molar-refractivity contribution >= 4 is 52.5 Å². The van der Waals surface area contributed by atoms with Crippen LogP contribution in [0.2, 0.25) is 10.0 Å². The number of aliphatic hydroxyl groups is 1. The molecule has 0 bridgehead atoms. The first-order valence-electron chi connectivity index (χ1n) is 7.77. The lowest BCUT2D eigenvalue weighted by Gasteiger charge is -2.39. The van der Waals surface area contributed by atoms with Crippen molar-refractivity contribution in [2.75, 3.05) is 6.54 Å². The Kier molecular flexibility index (Phi) is 5.37. The van der Waals surface area contributed by atoms with Crippen LogP contribution in [-0.2, 0) is 9.59 Å². The molecule has 2 unspecified atom stereocenters. The standard InChI is InChI=1S/C17H15Cl2NO4S/c1-2-20-13(14(22)8-3-5-10(18)11(19)7-8)15(23)9-4-6-12(21)16(24)17(9)25-20/h3,5,7,13,15,23H,2,4,6H2,1H3. The number of likely N-dealkylation sites (N-methyl/N-ethyl adjacent to an activating group) is 1. The van der Waals surface area contributed by atoms with Gasteiger partial charge in [-0.15, -0.1) is 0 Å². The number of hydrogen-bond acceptors (Lipinski definition) is 6. The van der Waals surface area contributed by atoms with Crippen molar-refractivity contribution in [3.63, 3.8) is 0 Å². The van der Waals surface area contributed by atoms with Gasteiger partial charge in [0.05, 0.1) is 15.0 Å². The molecular weight excluding hydrogens is 385 g/mol. The van der Waals surface area contributed by atoms with Crippen molar-refractivity contribution < 1.29 is 19.5 Å². The summed E-state index contributed by atoms with van der Waals surface area (Å²) in [6.45, 7) is 2.23. The van der Waals surface area contributed by atoms with Gasteiger partial charge < -0.3 is 5.11 Å². The van der Waals surface area contributed by atoms with E-state index in [1.165, 1.54) is 12.1 Å². The third kappa shape index (κ3) is 3.29. The summed E-state index contributed by atoms with van der Waals surface area (Å²) >= 11 is 13.0. The van der Waals surface area contributed by atoms with Gasteiger partial charge in [0, 0.05) is 18.5 Å². The molecule has 3 rings (SSSR count). The van der Waals surface area contributed by atoms with Gasteiger partial charge in [-0.25, -0.2) is 4.31 Å². The van der Waals surface area contributed by atoms with E-state index in [-0.39, 0.29) is 28.6 Å². The zero-order valence-corrected chi connectivity index (χ0v) is 15.6. The number of aliphatic hydroxyl groups excluding tert-OH is 1. The Hall–Kier alpha value is -1.18. The largest absolute Gasteiger partial charge is 0.387 e. The molecule has 25 heavy (non-hydrogen) atoms. The summed E-state index contributed by atoms with van der Waals surface area (Å²) in [6, 6.07) is 3.70. The molecule has 0 fully saturated rings. The first kappa shape index (κ1) is 18.6. The fraction of sp³-hybridized carbons (Fsp3) is 0.353. The number of nitrogens with zero attached hydrogens (tertiary/aromatic N) is 1. The topological polar surface area (TPSA) is 74.7 Å². The SMILES string of the molecule is CCN1SC2=C(CCC(=O)C2=O)C(O)C1C(=O)c1ccc(Cl)c(Cl)c1. The molecule has 0 amide bonds. The van der Waals surface area contributed by atoms with Crippen LogP contribution < -0.4 is 0 Å². The first-order chi connectivity index (χ1) is 11.8. The highest BCUT2D eigenvalue weighted by Gasteiger charge is 2.44. The van der Waals surface area contributed by atoms with Gasteiger partial charge >= 0.3 is 0 Å². The summed E-state index contributed by atoms with van der Waals surface area (Å²) in [7, 11) is 0. The van der Waals surface area contributed by atoms with Crippen LogP contribution in [0, 0.1) is 0 Å². The lowest BCUT2D eigenvalue weighted by atomic mass is 9.87. The number of carbonyl (C=O) groups excluding carboxylic acids is 3. The van der Waals surface area contributed by atoms with Gasteiger partial charge in [-0.3, -0.25) is 14.4 Å². The third-order valence-corrected chi connectivity index (χ3v) is 6.42. The molecule has 1 aliphatic carbocycles. The van der Waals surface area contributed by atoms with E-state index < -0.39 is 23.7 Å². The van der Waals surface area contributed by atoms with Crippen LogP contribution in [0.1, 0.15) is 30.1 Å². The predicted octanol–water partition coefficient (Wildman–Crippen LogP) is 3.08. The average Bonchev–Trinajstić information content (AvgIpc) is 2.60. The summed E-state index contributed by atoms with van der Waals surface area (Å²) in [5.74, 6) is -1.34. The number of Topliss-reactive ketones (excluding diaryl/α,β-unsaturated/α-hetero) is 3. The maximum atomic E-state index is 13.0. The highest BCUT2D eigenvalue weighted by Crippen LogP contribution is 2.41. The van der Waals surface area contributed by atoms with E-state index in [9.17, 15) is 19.5 Å². The number of rotatable bonds is 3. The second-order valence-electron chi connectivity index (χ2n) is 5.81. The van der Waals surface area contributed by atoms with Crippen LogP contribution >= 0.6 is 35.1 Å². The Labute approximate surface area is 159 Å². The summed E-state index contributed by atoms with van der Waals surface area (Å²) in [6.07, 6.45) is -0.790. The van der Waals surface area contributed by atoms with Crippen molar-refractivity contribution in [2.24, 2.45) is 0 Å². The predicted molar refractivity (Wildman–Crippen MR) is 96.8 cm³/mol. The van der Waals surface area contributed by atoms with Crippen LogP contribution in [0.25, 0.3) is 0 Å². The van der Waals surface area contributed by atoms with Gasteiger partial charge in [0.2, 0.25) is 11.6 Å². The molecule has 132 valence electrons. The highest BCUT2D eigenvalue weighted by molar-refractivity contribution is 8.02. The molecule has 2 aliphatic rings. The van der Waals surface area contributed by atoms with E-state index in [2.05, 4.69) is 0 Å². The summed E-state index contributed by atoms with van der Waals surface area (Å²) in [5, 5.41) is 11.4. The zero-order chi connectivity index (χ0) is 18.3. The monoisotopic (exact) mass is 399 g/mol. The van der Waals surface area contributed by atoms with E-state index in [1.54, 1.807) is 10.4 Å². The molecule has 2 atom stereocenters. The quantitative estimate of drug-likeness (QED) is 0.478. The summed E-state index contributed by atoms with van der Waals surface area (Å²) < 4.78 is 1.63. The molecule has 0 saturated heterocycles. The smallest absolute Gasteiger partial charge is 0.236 e. The summed E-state index contributed by atoms with van der Waals surface area (Å²) in [4.78, 5) is 37.0. The molecular formula is C17H15Cl2NO4S. The van der Waals surface area contributed by atoms with E-state index in [4.69, 9.17) is 23.2 Å². The maximum Gasteiger partial charge on any atom is 0.236 e. The molecule has 1 aliphatic heterocycles. The van der Waals surface area contributed by atoms with E-state index >= 15 is 0 Å². The molecule has 0 saturated carbocycles. The molecule has 1 heterocycles. The number of benzene rings is 1. The number of carbonyl (C=O) groups is 3. The molecule has 1 N–H and O–H groups in total. The lowest BCUT2D eigenvalue weighted by molar-refractivity contribution is -0.134. The second kappa shape index (κ2) is 7.21. The van der Waals surface area contributed by atoms with Crippen molar-refractivity contribution in [1.82, 2.24) is 4.31 Å². The van der Waals surface area contributed by atoms with Gasteiger partial charge in [0.1, 0.15) is 12.1 Å². The zero-order valence-electron chi connectivity index (χ0n) is 13.3. The Morgan fingerprint density at radius 1 is 1.28 bits per heavy atom. The van der Waals surface area contributed by atoms with Crippen molar-refractivity contribution in [3.8, 4) is 0 Å². The number of allylic oxidation sites excluding steroid dienone is 1. The Morgan fingerprint density at radius 2 is 2.00 bits per heavy atom. The number of ketones is 3. The Balaban J connectivity index is 1.99. The maximum absolute atomic E-state index is 13.0. The minimum atomic E-state index is -1.14. The summed E-state index contributed by atoms with van der Waals surface area (Å²) in [5.41, 5.74) is 0.803. The third-order valence-electron chi connectivity index (χ3n) is 4.33. The normalized spacial score (nSPS) is 24.5. The van der Waals surface area contributed by atoms with Crippen LogP contribution in [-0.4, -0.2) is 45.5 Å². The molecule has 5 nitrogen and oxygen atoms in total. The van der Waals surface area contributed by atoms with Crippen LogP contribution in [0.3, 0.4) is 0 Å². The average molecular weight is 400 g/mol. The van der Waals surface area contributed by atoms with E-state index in [0.29, 0.717) is 22.7 Å². The second-order valence-corrected chi connectivity index (χ2v) is 7.69. The fourth-order valence-corrected chi connectivity index (χ4v) is 4.53. The molecule has 1 aromatic carbocycles. The van der Waals surface area contributed by atoms with Crippen LogP contribution in [0.4, 0.5) is 0 Å². The van der Waals surface area contributed by atoms with Crippen molar-refractivity contribution in [1.29, 1.82) is 0 Å². The van der Waals surface area contributed by atoms with Crippen LogP contribution in [0.5, 0.6) is 0 Å². The molecule has 0 spiro atoms. The van der Waals surface area contributed by atoms with Gasteiger partial charge in [-0.05, 0) is 42.1 Å². The Morgan fingerprint density at radius 3 is 2.64 bits per heavy atom. The van der Waals surface area contributed by atoms with E-state index in [0.717, 1.165) is 11.9 Å². The van der Waals surface area contributed by atoms with Gasteiger partial charge in [-0.1, -0.05) is 30.1 Å². The van der Waals surface area contributed by atoms with Crippen molar-refractivity contribution in [2.45, 2.75) is 31.9 Å². The minimum absolute atomic E-state index is 0.0646.